The Balaban J connectivity index is 2.08. The van der Waals surface area contributed by atoms with Gasteiger partial charge in [0.25, 0.3) is 0 Å². The maximum atomic E-state index is 12.2. The van der Waals surface area contributed by atoms with Crippen molar-refractivity contribution in [1.29, 1.82) is 0 Å². The van der Waals surface area contributed by atoms with Crippen LogP contribution in [0.3, 0.4) is 0 Å². The highest BCUT2D eigenvalue weighted by atomic mass is 16.5. The number of benzene rings is 2. The number of Topliss-reactive ketones (excluding diaryl/α,β-unsaturated/α-hetero) is 1. The van der Waals surface area contributed by atoms with Gasteiger partial charge in [0.05, 0.1) is 5.56 Å². The molecule has 0 unspecified atom stereocenters. The molecule has 0 amide bonds. The van der Waals surface area contributed by atoms with Crippen LogP contribution in [0.25, 0.3) is 0 Å². The summed E-state index contributed by atoms with van der Waals surface area (Å²) >= 11 is 0. The minimum Gasteiger partial charge on any atom is -0.451 e. The minimum absolute atomic E-state index is 0.201. The van der Waals surface area contributed by atoms with Crippen molar-refractivity contribution >= 4 is 11.8 Å². The molecule has 0 bridgehead atoms. The molecule has 0 saturated heterocycles. The van der Waals surface area contributed by atoms with E-state index in [1.54, 1.807) is 43.3 Å². The van der Waals surface area contributed by atoms with Gasteiger partial charge in [0, 0.05) is 5.56 Å². The van der Waals surface area contributed by atoms with Crippen LogP contribution in [0.4, 0.5) is 0 Å². The molecule has 21 heavy (non-hydrogen) atoms. The van der Waals surface area contributed by atoms with Crippen LogP contribution in [0.1, 0.15) is 38.8 Å². The summed E-state index contributed by atoms with van der Waals surface area (Å²) in [6.45, 7) is 5.50. The molecule has 2 aromatic rings. The van der Waals surface area contributed by atoms with E-state index in [0.717, 1.165) is 11.1 Å². The third kappa shape index (κ3) is 3.57. The van der Waals surface area contributed by atoms with Crippen molar-refractivity contribution in [2.75, 3.05) is 0 Å². The summed E-state index contributed by atoms with van der Waals surface area (Å²) in [6, 6.07) is 14.2. The van der Waals surface area contributed by atoms with E-state index < -0.39 is 12.1 Å². The van der Waals surface area contributed by atoms with Gasteiger partial charge >= 0.3 is 5.97 Å². The number of hydrogen-bond acceptors (Lipinski definition) is 3. The van der Waals surface area contributed by atoms with Crippen molar-refractivity contribution in [3.63, 3.8) is 0 Å². The third-order valence-corrected chi connectivity index (χ3v) is 3.45. The van der Waals surface area contributed by atoms with Crippen molar-refractivity contribution < 1.29 is 14.3 Å². The molecule has 3 nitrogen and oxygen atoms in total. The van der Waals surface area contributed by atoms with Crippen LogP contribution in [0, 0.1) is 13.8 Å². The molecule has 0 aromatic heterocycles. The molecule has 0 heterocycles. The van der Waals surface area contributed by atoms with Gasteiger partial charge in [-0.3, -0.25) is 4.79 Å². The van der Waals surface area contributed by atoms with Crippen LogP contribution in [-0.2, 0) is 4.74 Å². The van der Waals surface area contributed by atoms with E-state index in [1.165, 1.54) is 0 Å². The lowest BCUT2D eigenvalue weighted by Gasteiger charge is -2.13. The number of hydrogen-bond donors (Lipinski definition) is 0. The Morgan fingerprint density at radius 2 is 1.57 bits per heavy atom. The summed E-state index contributed by atoms with van der Waals surface area (Å²) in [5.41, 5.74) is 3.13. The molecular weight excluding hydrogens is 264 g/mol. The van der Waals surface area contributed by atoms with Crippen molar-refractivity contribution in [1.82, 2.24) is 0 Å². The summed E-state index contributed by atoms with van der Waals surface area (Å²) in [5, 5.41) is 0. The Morgan fingerprint density at radius 3 is 2.19 bits per heavy atom. The Bertz CT molecular complexity index is 659. The zero-order chi connectivity index (χ0) is 15.4. The SMILES string of the molecule is Cc1ccc(C(=O)O[C@H](C)C(=O)c2ccccc2)cc1C. The fourth-order valence-corrected chi connectivity index (χ4v) is 1.99. The zero-order valence-electron chi connectivity index (χ0n) is 12.4. The first-order chi connectivity index (χ1) is 9.99. The van der Waals surface area contributed by atoms with Gasteiger partial charge in [-0.25, -0.2) is 4.79 Å². The van der Waals surface area contributed by atoms with E-state index in [2.05, 4.69) is 0 Å². The molecule has 0 fully saturated rings. The number of ether oxygens (including phenoxy) is 1. The molecule has 0 aliphatic heterocycles. The largest absolute Gasteiger partial charge is 0.451 e. The van der Waals surface area contributed by atoms with E-state index in [-0.39, 0.29) is 5.78 Å². The van der Waals surface area contributed by atoms with Gasteiger partial charge in [-0.2, -0.15) is 0 Å². The molecule has 0 spiro atoms. The Labute approximate surface area is 124 Å². The van der Waals surface area contributed by atoms with Crippen molar-refractivity contribution in [3.8, 4) is 0 Å². The van der Waals surface area contributed by atoms with Gasteiger partial charge < -0.3 is 4.74 Å². The molecule has 2 rings (SSSR count). The van der Waals surface area contributed by atoms with E-state index in [4.69, 9.17) is 4.74 Å². The normalized spacial score (nSPS) is 11.8. The highest BCUT2D eigenvalue weighted by molar-refractivity contribution is 6.01. The topological polar surface area (TPSA) is 43.4 Å². The lowest BCUT2D eigenvalue weighted by molar-refractivity contribution is 0.0318. The molecule has 0 saturated carbocycles. The van der Waals surface area contributed by atoms with Crippen LogP contribution in [0.5, 0.6) is 0 Å². The van der Waals surface area contributed by atoms with E-state index in [9.17, 15) is 9.59 Å². The van der Waals surface area contributed by atoms with Crippen LogP contribution in [-0.4, -0.2) is 17.9 Å². The summed E-state index contributed by atoms with van der Waals surface area (Å²) in [4.78, 5) is 24.2. The number of carbonyl (C=O) groups is 2. The fraction of sp³-hybridized carbons (Fsp3) is 0.222. The van der Waals surface area contributed by atoms with Crippen molar-refractivity contribution in [2.45, 2.75) is 26.9 Å². The number of rotatable bonds is 4. The predicted octanol–water partition coefficient (Wildman–Crippen LogP) is 3.73. The average Bonchev–Trinajstić information content (AvgIpc) is 2.50. The van der Waals surface area contributed by atoms with Gasteiger partial charge in [-0.05, 0) is 44.0 Å². The van der Waals surface area contributed by atoms with Crippen molar-refractivity contribution in [2.24, 2.45) is 0 Å². The maximum Gasteiger partial charge on any atom is 0.338 e. The van der Waals surface area contributed by atoms with Gasteiger partial charge in [0.1, 0.15) is 0 Å². The Morgan fingerprint density at radius 1 is 0.905 bits per heavy atom. The van der Waals surface area contributed by atoms with Gasteiger partial charge in [-0.1, -0.05) is 36.4 Å². The summed E-state index contributed by atoms with van der Waals surface area (Å²) in [6.07, 6.45) is -0.804. The first-order valence-electron chi connectivity index (χ1n) is 6.86. The smallest absolute Gasteiger partial charge is 0.338 e. The average molecular weight is 282 g/mol. The standard InChI is InChI=1S/C18H18O3/c1-12-9-10-16(11-13(12)2)18(20)21-14(3)17(19)15-7-5-4-6-8-15/h4-11,14H,1-3H3/t14-/m1/s1. The van der Waals surface area contributed by atoms with Crippen LogP contribution >= 0.6 is 0 Å². The number of carbonyl (C=O) groups excluding carboxylic acids is 2. The van der Waals surface area contributed by atoms with Gasteiger partial charge in [0.2, 0.25) is 5.78 Å². The molecule has 0 N–H and O–H groups in total. The molecule has 108 valence electrons. The maximum absolute atomic E-state index is 12.2. The van der Waals surface area contributed by atoms with E-state index >= 15 is 0 Å². The molecule has 3 heteroatoms. The summed E-state index contributed by atoms with van der Waals surface area (Å²) in [7, 11) is 0. The number of esters is 1. The molecule has 0 aliphatic rings. The van der Waals surface area contributed by atoms with Crippen LogP contribution < -0.4 is 0 Å². The molecule has 1 atom stereocenters. The monoisotopic (exact) mass is 282 g/mol. The summed E-state index contributed by atoms with van der Waals surface area (Å²) < 4.78 is 5.26. The second-order valence-electron chi connectivity index (χ2n) is 5.08. The molecular formula is C18H18O3. The number of ketones is 1. The quantitative estimate of drug-likeness (QED) is 0.634. The first kappa shape index (κ1) is 15.0. The minimum atomic E-state index is -0.804. The molecule has 0 radical (unpaired) electrons. The summed E-state index contributed by atoms with van der Waals surface area (Å²) in [5.74, 6) is -0.678. The zero-order valence-corrected chi connectivity index (χ0v) is 12.4. The predicted molar refractivity (Wildman–Crippen MR) is 81.6 cm³/mol. The van der Waals surface area contributed by atoms with E-state index in [1.807, 2.05) is 26.0 Å². The van der Waals surface area contributed by atoms with Crippen LogP contribution in [0.2, 0.25) is 0 Å². The van der Waals surface area contributed by atoms with Gasteiger partial charge in [0.15, 0.2) is 6.10 Å². The third-order valence-electron chi connectivity index (χ3n) is 3.45. The van der Waals surface area contributed by atoms with Crippen molar-refractivity contribution in [3.05, 3.63) is 70.8 Å². The van der Waals surface area contributed by atoms with Gasteiger partial charge in [-0.15, -0.1) is 0 Å². The lowest BCUT2D eigenvalue weighted by Crippen LogP contribution is -2.24. The molecule has 2 aromatic carbocycles. The lowest BCUT2D eigenvalue weighted by atomic mass is 10.1. The fourth-order valence-electron chi connectivity index (χ4n) is 1.99. The second-order valence-corrected chi connectivity index (χ2v) is 5.08. The highest BCUT2D eigenvalue weighted by Crippen LogP contribution is 2.13. The van der Waals surface area contributed by atoms with Crippen LogP contribution in [0.15, 0.2) is 48.5 Å². The molecule has 0 aliphatic carbocycles. The Hall–Kier alpha value is -2.42. The number of aryl methyl sites for hydroxylation is 2. The first-order valence-corrected chi connectivity index (χ1v) is 6.86. The second kappa shape index (κ2) is 6.35. The van der Waals surface area contributed by atoms with E-state index in [0.29, 0.717) is 11.1 Å². The Kier molecular flexibility index (Phi) is 4.53. The highest BCUT2D eigenvalue weighted by Gasteiger charge is 2.20.